The number of carbonyl (C=O) groups is 2. The molecule has 0 bridgehead atoms. The standard InChI is InChI=1S/C22H19BrFN3O3/c1-13-7-9-16(18(23)11-13)20-10-8-15(30-20)12-25-27-21(28)14(2)26-22(29)17-5-3-4-6-19(17)24/h3-12,14H,1-2H3,(H,26,29)(H,27,28)/b25-12-/t14-/m1/s1. The number of halogens is 2. The Balaban J connectivity index is 1.57. The number of furan rings is 1. The zero-order valence-corrected chi connectivity index (χ0v) is 17.9. The average Bonchev–Trinajstić information content (AvgIpc) is 3.16. The molecule has 2 amide bonds. The van der Waals surface area contributed by atoms with Crippen LogP contribution in [-0.4, -0.2) is 24.1 Å². The van der Waals surface area contributed by atoms with Crippen molar-refractivity contribution in [1.82, 2.24) is 10.7 Å². The number of hydrogen-bond acceptors (Lipinski definition) is 4. The summed E-state index contributed by atoms with van der Waals surface area (Å²) in [4.78, 5) is 24.2. The summed E-state index contributed by atoms with van der Waals surface area (Å²) in [6.07, 6.45) is 1.36. The summed E-state index contributed by atoms with van der Waals surface area (Å²) in [5.74, 6) is -0.793. The lowest BCUT2D eigenvalue weighted by molar-refractivity contribution is -0.122. The number of benzene rings is 2. The molecule has 3 rings (SSSR count). The molecule has 0 aliphatic rings. The molecular formula is C22H19BrFN3O3. The third-order valence-electron chi connectivity index (χ3n) is 4.24. The second kappa shape index (κ2) is 9.49. The molecule has 0 spiro atoms. The smallest absolute Gasteiger partial charge is 0.262 e. The minimum atomic E-state index is -0.912. The van der Waals surface area contributed by atoms with E-state index in [2.05, 4.69) is 31.8 Å². The van der Waals surface area contributed by atoms with E-state index in [9.17, 15) is 14.0 Å². The molecule has 0 radical (unpaired) electrons. The molecule has 1 heterocycles. The van der Waals surface area contributed by atoms with Gasteiger partial charge in [-0.15, -0.1) is 0 Å². The first-order valence-electron chi connectivity index (χ1n) is 9.10. The van der Waals surface area contributed by atoms with Gasteiger partial charge in [0.15, 0.2) is 0 Å². The summed E-state index contributed by atoms with van der Waals surface area (Å²) in [5.41, 5.74) is 4.21. The molecular weight excluding hydrogens is 453 g/mol. The number of rotatable bonds is 6. The molecule has 6 nitrogen and oxygen atoms in total. The van der Waals surface area contributed by atoms with Crippen LogP contribution in [0, 0.1) is 12.7 Å². The van der Waals surface area contributed by atoms with Gasteiger partial charge < -0.3 is 9.73 Å². The Hall–Kier alpha value is -3.26. The van der Waals surface area contributed by atoms with Crippen LogP contribution in [0.15, 0.2) is 68.6 Å². The van der Waals surface area contributed by atoms with Crippen LogP contribution in [-0.2, 0) is 4.79 Å². The number of carbonyl (C=O) groups excluding carboxylic acids is 2. The third kappa shape index (κ3) is 5.21. The first-order chi connectivity index (χ1) is 14.3. The molecule has 0 fully saturated rings. The second-order valence-corrected chi connectivity index (χ2v) is 7.45. The average molecular weight is 472 g/mol. The Morgan fingerprint density at radius 2 is 1.93 bits per heavy atom. The zero-order valence-electron chi connectivity index (χ0n) is 16.3. The normalized spacial score (nSPS) is 12.0. The molecule has 0 aliphatic carbocycles. The second-order valence-electron chi connectivity index (χ2n) is 6.59. The Labute approximate surface area is 181 Å². The van der Waals surface area contributed by atoms with E-state index in [1.165, 1.54) is 31.3 Å². The van der Waals surface area contributed by atoms with Crippen molar-refractivity contribution in [2.75, 3.05) is 0 Å². The maximum Gasteiger partial charge on any atom is 0.262 e. The van der Waals surface area contributed by atoms with Gasteiger partial charge in [-0.3, -0.25) is 9.59 Å². The van der Waals surface area contributed by atoms with E-state index in [-0.39, 0.29) is 5.56 Å². The summed E-state index contributed by atoms with van der Waals surface area (Å²) >= 11 is 3.51. The van der Waals surface area contributed by atoms with Crippen LogP contribution in [0.25, 0.3) is 11.3 Å². The summed E-state index contributed by atoms with van der Waals surface area (Å²) in [6.45, 7) is 3.47. The molecule has 1 atom stereocenters. The first kappa shape index (κ1) is 21.4. The van der Waals surface area contributed by atoms with Crippen molar-refractivity contribution in [3.63, 3.8) is 0 Å². The Morgan fingerprint density at radius 3 is 2.67 bits per heavy atom. The van der Waals surface area contributed by atoms with Crippen molar-refractivity contribution in [2.24, 2.45) is 5.10 Å². The van der Waals surface area contributed by atoms with Gasteiger partial charge in [0.05, 0.1) is 11.8 Å². The fourth-order valence-corrected chi connectivity index (χ4v) is 3.32. The summed E-state index contributed by atoms with van der Waals surface area (Å²) < 4.78 is 20.3. The first-order valence-corrected chi connectivity index (χ1v) is 9.89. The number of hydrogen-bond donors (Lipinski definition) is 2. The molecule has 2 N–H and O–H groups in total. The van der Waals surface area contributed by atoms with E-state index in [1.807, 2.05) is 25.1 Å². The zero-order chi connectivity index (χ0) is 21.7. The summed E-state index contributed by atoms with van der Waals surface area (Å²) in [6, 6.07) is 14.1. The molecule has 0 aliphatic heterocycles. The van der Waals surface area contributed by atoms with Crippen LogP contribution in [0.1, 0.15) is 28.6 Å². The number of amides is 2. The highest BCUT2D eigenvalue weighted by Crippen LogP contribution is 2.30. The van der Waals surface area contributed by atoms with Gasteiger partial charge in [-0.1, -0.05) is 34.1 Å². The largest absolute Gasteiger partial charge is 0.455 e. The van der Waals surface area contributed by atoms with Gasteiger partial charge in [-0.25, -0.2) is 9.82 Å². The van der Waals surface area contributed by atoms with E-state index in [0.717, 1.165) is 15.6 Å². The third-order valence-corrected chi connectivity index (χ3v) is 4.90. The van der Waals surface area contributed by atoms with Gasteiger partial charge in [0.2, 0.25) is 0 Å². The SMILES string of the molecule is Cc1ccc(-c2ccc(/C=N\NC(=O)[C@@H](C)NC(=O)c3ccccc3F)o2)c(Br)c1. The highest BCUT2D eigenvalue weighted by molar-refractivity contribution is 9.10. The molecule has 1 aromatic heterocycles. The topological polar surface area (TPSA) is 83.7 Å². The molecule has 30 heavy (non-hydrogen) atoms. The van der Waals surface area contributed by atoms with Gasteiger partial charge in [0.25, 0.3) is 11.8 Å². The quantitative estimate of drug-likeness (QED) is 0.412. The maximum absolute atomic E-state index is 13.7. The van der Waals surface area contributed by atoms with Gasteiger partial charge in [0.1, 0.15) is 23.4 Å². The predicted molar refractivity (Wildman–Crippen MR) is 116 cm³/mol. The molecule has 8 heteroatoms. The lowest BCUT2D eigenvalue weighted by Crippen LogP contribution is -2.43. The lowest BCUT2D eigenvalue weighted by Gasteiger charge is -2.12. The van der Waals surface area contributed by atoms with E-state index in [0.29, 0.717) is 11.5 Å². The van der Waals surface area contributed by atoms with E-state index >= 15 is 0 Å². The van der Waals surface area contributed by atoms with Crippen LogP contribution >= 0.6 is 15.9 Å². The van der Waals surface area contributed by atoms with Crippen molar-refractivity contribution in [2.45, 2.75) is 19.9 Å². The van der Waals surface area contributed by atoms with Crippen molar-refractivity contribution >= 4 is 34.0 Å². The highest BCUT2D eigenvalue weighted by Gasteiger charge is 2.18. The van der Waals surface area contributed by atoms with E-state index in [4.69, 9.17) is 4.42 Å². The maximum atomic E-state index is 13.7. The molecule has 3 aromatic rings. The molecule has 0 unspecified atom stereocenters. The van der Waals surface area contributed by atoms with Crippen LogP contribution < -0.4 is 10.7 Å². The highest BCUT2D eigenvalue weighted by atomic mass is 79.9. The van der Waals surface area contributed by atoms with E-state index < -0.39 is 23.7 Å². The van der Waals surface area contributed by atoms with Crippen molar-refractivity contribution in [3.8, 4) is 11.3 Å². The number of aryl methyl sites for hydroxylation is 1. The molecule has 154 valence electrons. The molecule has 0 saturated carbocycles. The van der Waals surface area contributed by atoms with Gasteiger partial charge in [-0.2, -0.15) is 5.10 Å². The van der Waals surface area contributed by atoms with Gasteiger partial charge in [-0.05, 0) is 55.8 Å². The van der Waals surface area contributed by atoms with E-state index in [1.54, 1.807) is 18.2 Å². The van der Waals surface area contributed by atoms with Gasteiger partial charge >= 0.3 is 0 Å². The van der Waals surface area contributed by atoms with Crippen LogP contribution in [0.3, 0.4) is 0 Å². The minimum absolute atomic E-state index is 0.133. The predicted octanol–water partition coefficient (Wildman–Crippen LogP) is 4.43. The fraction of sp³-hybridized carbons (Fsp3) is 0.136. The van der Waals surface area contributed by atoms with Crippen LogP contribution in [0.4, 0.5) is 4.39 Å². The van der Waals surface area contributed by atoms with Crippen molar-refractivity contribution < 1.29 is 18.4 Å². The fourth-order valence-electron chi connectivity index (χ4n) is 2.63. The van der Waals surface area contributed by atoms with Crippen LogP contribution in [0.5, 0.6) is 0 Å². The molecule has 2 aromatic carbocycles. The Bertz CT molecular complexity index is 1110. The lowest BCUT2D eigenvalue weighted by atomic mass is 10.1. The Kier molecular flexibility index (Phi) is 6.79. The number of nitrogens with zero attached hydrogens (tertiary/aromatic N) is 1. The minimum Gasteiger partial charge on any atom is -0.455 e. The molecule has 0 saturated heterocycles. The van der Waals surface area contributed by atoms with Crippen LogP contribution in [0.2, 0.25) is 0 Å². The summed E-state index contributed by atoms with van der Waals surface area (Å²) in [5, 5.41) is 6.28. The monoisotopic (exact) mass is 471 g/mol. The van der Waals surface area contributed by atoms with Crippen molar-refractivity contribution in [3.05, 3.63) is 81.8 Å². The number of hydrazone groups is 1. The Morgan fingerprint density at radius 1 is 1.17 bits per heavy atom. The number of nitrogens with one attached hydrogen (secondary N) is 2. The van der Waals surface area contributed by atoms with Gasteiger partial charge in [0, 0.05) is 10.0 Å². The summed E-state index contributed by atoms with van der Waals surface area (Å²) in [7, 11) is 0. The van der Waals surface area contributed by atoms with Crippen molar-refractivity contribution in [1.29, 1.82) is 0 Å².